The van der Waals surface area contributed by atoms with Crippen LogP contribution in [0.2, 0.25) is 0 Å². The minimum Gasteiger partial charge on any atom is -0.380 e. The van der Waals surface area contributed by atoms with Crippen LogP contribution in [0.3, 0.4) is 0 Å². The maximum atomic E-state index is 13.7. The van der Waals surface area contributed by atoms with E-state index in [-0.39, 0.29) is 5.92 Å². The first kappa shape index (κ1) is 15.1. The van der Waals surface area contributed by atoms with Gasteiger partial charge in [0.2, 0.25) is 0 Å². The molecule has 0 bridgehead atoms. The van der Waals surface area contributed by atoms with E-state index in [0.717, 1.165) is 25.9 Å². The summed E-state index contributed by atoms with van der Waals surface area (Å²) in [5.74, 6) is -0.889. The molecule has 0 radical (unpaired) electrons. The van der Waals surface area contributed by atoms with Crippen molar-refractivity contribution in [2.75, 3.05) is 13.1 Å². The Balaban J connectivity index is 2.12. The second-order valence-electron chi connectivity index (χ2n) is 5.81. The van der Waals surface area contributed by atoms with Crippen LogP contribution >= 0.6 is 0 Å². The Morgan fingerprint density at radius 2 is 1.41 bits per heavy atom. The number of piperidine rings is 1. The zero-order chi connectivity index (χ0) is 15.6. The van der Waals surface area contributed by atoms with Gasteiger partial charge in [-0.2, -0.15) is 0 Å². The fraction of sp³-hybridized carbons (Fsp3) is 0.333. The van der Waals surface area contributed by atoms with Crippen molar-refractivity contribution in [1.82, 2.24) is 5.32 Å². The van der Waals surface area contributed by atoms with Gasteiger partial charge in [-0.15, -0.1) is 0 Å². The molecule has 1 heterocycles. The minimum atomic E-state index is -1.38. The van der Waals surface area contributed by atoms with E-state index in [2.05, 4.69) is 5.32 Å². The summed E-state index contributed by atoms with van der Waals surface area (Å²) in [4.78, 5) is 0. The summed E-state index contributed by atoms with van der Waals surface area (Å²) in [6.07, 6.45) is 1.51. The Kier molecular flexibility index (Phi) is 4.23. The standard InChI is InChI=1S/C18H19F2NO/c19-16-5-1-3-14(11-16)18(22,13-7-9-21-10-8-13)15-4-2-6-17(20)12-15/h1-6,11-13,21-22H,7-10H2. The molecule has 4 heteroatoms. The molecule has 0 unspecified atom stereocenters. The van der Waals surface area contributed by atoms with Gasteiger partial charge in [-0.05, 0) is 67.2 Å². The molecule has 1 aliphatic rings. The normalized spacial score (nSPS) is 16.7. The average Bonchev–Trinajstić information content (AvgIpc) is 2.55. The van der Waals surface area contributed by atoms with Gasteiger partial charge < -0.3 is 10.4 Å². The Morgan fingerprint density at radius 1 is 0.909 bits per heavy atom. The van der Waals surface area contributed by atoms with E-state index >= 15 is 0 Å². The molecule has 2 nitrogen and oxygen atoms in total. The van der Waals surface area contributed by atoms with E-state index in [1.54, 1.807) is 24.3 Å². The lowest BCUT2D eigenvalue weighted by Gasteiger charge is -2.39. The average molecular weight is 303 g/mol. The minimum absolute atomic E-state index is 0.0858. The molecule has 0 spiro atoms. The third kappa shape index (κ3) is 2.76. The Hall–Kier alpha value is -1.78. The number of nitrogens with one attached hydrogen (secondary N) is 1. The zero-order valence-electron chi connectivity index (χ0n) is 12.2. The van der Waals surface area contributed by atoms with Crippen LogP contribution in [0, 0.1) is 17.6 Å². The molecule has 0 atom stereocenters. The second kappa shape index (κ2) is 6.15. The molecule has 1 aliphatic heterocycles. The fourth-order valence-corrected chi connectivity index (χ4v) is 3.33. The third-order valence-electron chi connectivity index (χ3n) is 4.46. The predicted octanol–water partition coefficient (Wildman–Crippen LogP) is 3.20. The molecule has 2 aromatic carbocycles. The van der Waals surface area contributed by atoms with Gasteiger partial charge in [0, 0.05) is 0 Å². The van der Waals surface area contributed by atoms with Crippen LogP contribution in [0.1, 0.15) is 24.0 Å². The van der Waals surface area contributed by atoms with Crippen LogP contribution in [-0.4, -0.2) is 18.2 Å². The number of hydrogen-bond donors (Lipinski definition) is 2. The highest BCUT2D eigenvalue weighted by Crippen LogP contribution is 2.41. The summed E-state index contributed by atoms with van der Waals surface area (Å²) in [6, 6.07) is 11.9. The van der Waals surface area contributed by atoms with Gasteiger partial charge in [0.25, 0.3) is 0 Å². The lowest BCUT2D eigenvalue weighted by molar-refractivity contribution is 0.00188. The van der Waals surface area contributed by atoms with Crippen molar-refractivity contribution in [2.45, 2.75) is 18.4 Å². The smallest absolute Gasteiger partial charge is 0.123 e. The van der Waals surface area contributed by atoms with Crippen molar-refractivity contribution >= 4 is 0 Å². The van der Waals surface area contributed by atoms with Crippen LogP contribution < -0.4 is 5.32 Å². The molecule has 2 aromatic rings. The van der Waals surface area contributed by atoms with Gasteiger partial charge in [-0.25, -0.2) is 8.78 Å². The van der Waals surface area contributed by atoms with Crippen LogP contribution in [0.25, 0.3) is 0 Å². The molecule has 3 rings (SSSR count). The topological polar surface area (TPSA) is 32.3 Å². The number of benzene rings is 2. The first-order valence-electron chi connectivity index (χ1n) is 7.56. The van der Waals surface area contributed by atoms with Crippen molar-refractivity contribution in [3.8, 4) is 0 Å². The van der Waals surface area contributed by atoms with E-state index in [1.807, 2.05) is 0 Å². The molecule has 0 saturated carbocycles. The van der Waals surface area contributed by atoms with E-state index in [1.165, 1.54) is 24.3 Å². The summed E-state index contributed by atoms with van der Waals surface area (Å²) >= 11 is 0. The van der Waals surface area contributed by atoms with Gasteiger partial charge in [-0.1, -0.05) is 24.3 Å². The summed E-state index contributed by atoms with van der Waals surface area (Å²) in [7, 11) is 0. The highest BCUT2D eigenvalue weighted by atomic mass is 19.1. The van der Waals surface area contributed by atoms with Crippen LogP contribution in [0.5, 0.6) is 0 Å². The van der Waals surface area contributed by atoms with E-state index in [4.69, 9.17) is 0 Å². The molecule has 0 amide bonds. The Bertz CT molecular complexity index is 608. The lowest BCUT2D eigenvalue weighted by atomic mass is 9.72. The van der Waals surface area contributed by atoms with Crippen molar-refractivity contribution < 1.29 is 13.9 Å². The lowest BCUT2D eigenvalue weighted by Crippen LogP contribution is -2.42. The van der Waals surface area contributed by atoms with Crippen LogP contribution in [-0.2, 0) is 5.60 Å². The highest BCUT2D eigenvalue weighted by Gasteiger charge is 2.40. The van der Waals surface area contributed by atoms with Gasteiger partial charge in [0.15, 0.2) is 0 Å². The highest BCUT2D eigenvalue weighted by molar-refractivity contribution is 5.37. The molecule has 0 aliphatic carbocycles. The Labute approximate surface area is 128 Å². The first-order chi connectivity index (χ1) is 10.6. The quantitative estimate of drug-likeness (QED) is 0.912. The molecule has 1 saturated heterocycles. The van der Waals surface area contributed by atoms with Crippen molar-refractivity contribution in [1.29, 1.82) is 0 Å². The molecule has 2 N–H and O–H groups in total. The number of aliphatic hydroxyl groups is 1. The van der Waals surface area contributed by atoms with Gasteiger partial charge in [-0.3, -0.25) is 0 Å². The van der Waals surface area contributed by atoms with E-state index in [0.29, 0.717) is 11.1 Å². The number of halogens is 2. The summed E-state index contributed by atoms with van der Waals surface area (Å²) in [5.41, 5.74) is -0.429. The fourth-order valence-electron chi connectivity index (χ4n) is 3.33. The molecular weight excluding hydrogens is 284 g/mol. The SMILES string of the molecule is OC(c1cccc(F)c1)(c1cccc(F)c1)C1CCNCC1. The van der Waals surface area contributed by atoms with Crippen molar-refractivity contribution in [3.63, 3.8) is 0 Å². The van der Waals surface area contributed by atoms with Crippen LogP contribution in [0.15, 0.2) is 48.5 Å². The van der Waals surface area contributed by atoms with Gasteiger partial charge >= 0.3 is 0 Å². The molecule has 0 aromatic heterocycles. The number of hydrogen-bond acceptors (Lipinski definition) is 2. The zero-order valence-corrected chi connectivity index (χ0v) is 12.2. The first-order valence-corrected chi connectivity index (χ1v) is 7.56. The maximum absolute atomic E-state index is 13.7. The molecule has 116 valence electrons. The molecule has 22 heavy (non-hydrogen) atoms. The van der Waals surface area contributed by atoms with Gasteiger partial charge in [0.05, 0.1) is 0 Å². The molecular formula is C18H19F2NO. The monoisotopic (exact) mass is 303 g/mol. The summed E-state index contributed by atoms with van der Waals surface area (Å²) < 4.78 is 27.3. The van der Waals surface area contributed by atoms with Gasteiger partial charge in [0.1, 0.15) is 17.2 Å². The van der Waals surface area contributed by atoms with E-state index in [9.17, 15) is 13.9 Å². The summed E-state index contributed by atoms with van der Waals surface area (Å²) in [5, 5.41) is 14.7. The third-order valence-corrected chi connectivity index (χ3v) is 4.46. The summed E-state index contributed by atoms with van der Waals surface area (Å²) in [6.45, 7) is 1.58. The van der Waals surface area contributed by atoms with E-state index < -0.39 is 17.2 Å². The Morgan fingerprint density at radius 3 is 1.86 bits per heavy atom. The van der Waals surface area contributed by atoms with Crippen molar-refractivity contribution in [2.24, 2.45) is 5.92 Å². The maximum Gasteiger partial charge on any atom is 0.123 e. The second-order valence-corrected chi connectivity index (χ2v) is 5.81. The molecule has 1 fully saturated rings. The van der Waals surface area contributed by atoms with Crippen LogP contribution in [0.4, 0.5) is 8.78 Å². The number of rotatable bonds is 3. The predicted molar refractivity (Wildman–Crippen MR) is 81.4 cm³/mol. The largest absolute Gasteiger partial charge is 0.380 e. The van der Waals surface area contributed by atoms with Crippen molar-refractivity contribution in [3.05, 3.63) is 71.3 Å².